The standard InChI is InChI=1S/C13H24ClN3O2/c1-10-12(13(14)17(3)16-10)9-11(15-2)5-6-19-8-7-18-4/h11,15H,5-9H2,1-4H3. The lowest BCUT2D eigenvalue weighted by Gasteiger charge is -2.16. The molecule has 0 spiro atoms. The zero-order valence-electron chi connectivity index (χ0n) is 12.2. The van der Waals surface area contributed by atoms with Crippen molar-refractivity contribution in [2.45, 2.75) is 25.8 Å². The molecule has 0 fully saturated rings. The van der Waals surface area contributed by atoms with Gasteiger partial charge in [0.2, 0.25) is 0 Å². The van der Waals surface area contributed by atoms with E-state index in [9.17, 15) is 0 Å². The molecular weight excluding hydrogens is 266 g/mol. The van der Waals surface area contributed by atoms with Crippen molar-refractivity contribution in [1.82, 2.24) is 15.1 Å². The van der Waals surface area contributed by atoms with E-state index in [0.29, 0.717) is 25.9 Å². The summed E-state index contributed by atoms with van der Waals surface area (Å²) in [4.78, 5) is 0. The Morgan fingerprint density at radius 2 is 2.11 bits per heavy atom. The van der Waals surface area contributed by atoms with Gasteiger partial charge in [-0.2, -0.15) is 5.10 Å². The van der Waals surface area contributed by atoms with Crippen LogP contribution in [0, 0.1) is 6.92 Å². The van der Waals surface area contributed by atoms with Gasteiger partial charge < -0.3 is 14.8 Å². The van der Waals surface area contributed by atoms with Gasteiger partial charge in [0.15, 0.2) is 0 Å². The SMILES string of the molecule is CNC(CCOCCOC)Cc1c(C)nn(C)c1Cl. The lowest BCUT2D eigenvalue weighted by Crippen LogP contribution is -2.29. The Balaban J connectivity index is 2.43. The zero-order chi connectivity index (χ0) is 14.3. The fourth-order valence-corrected chi connectivity index (χ4v) is 2.22. The third kappa shape index (κ3) is 5.10. The summed E-state index contributed by atoms with van der Waals surface area (Å²) in [6, 6.07) is 0.336. The Hall–Kier alpha value is -0.620. The third-order valence-electron chi connectivity index (χ3n) is 3.17. The molecule has 0 saturated carbocycles. The summed E-state index contributed by atoms with van der Waals surface area (Å²) >= 11 is 6.24. The maximum Gasteiger partial charge on any atom is 0.130 e. The number of methoxy groups -OCH3 is 1. The fraction of sp³-hybridized carbons (Fsp3) is 0.769. The molecule has 1 unspecified atom stereocenters. The van der Waals surface area contributed by atoms with Crippen molar-refractivity contribution in [3.05, 3.63) is 16.4 Å². The minimum Gasteiger partial charge on any atom is -0.382 e. The van der Waals surface area contributed by atoms with Gasteiger partial charge >= 0.3 is 0 Å². The van der Waals surface area contributed by atoms with Crippen LogP contribution in [0.5, 0.6) is 0 Å². The number of rotatable bonds is 9. The van der Waals surface area contributed by atoms with Crippen molar-refractivity contribution in [2.75, 3.05) is 34.0 Å². The molecule has 0 aliphatic heterocycles. The summed E-state index contributed by atoms with van der Waals surface area (Å²) in [6.07, 6.45) is 1.80. The first-order valence-corrected chi connectivity index (χ1v) is 6.89. The van der Waals surface area contributed by atoms with Crippen LogP contribution < -0.4 is 5.32 Å². The van der Waals surface area contributed by atoms with E-state index in [-0.39, 0.29) is 0 Å². The molecule has 0 amide bonds. The van der Waals surface area contributed by atoms with E-state index in [0.717, 1.165) is 29.3 Å². The van der Waals surface area contributed by atoms with Crippen LogP contribution >= 0.6 is 11.6 Å². The summed E-state index contributed by atoms with van der Waals surface area (Å²) < 4.78 is 12.1. The topological polar surface area (TPSA) is 48.3 Å². The Labute approximate surface area is 120 Å². The Bertz CT molecular complexity index is 382. The lowest BCUT2D eigenvalue weighted by atomic mass is 10.0. The predicted molar refractivity (Wildman–Crippen MR) is 76.8 cm³/mol. The highest BCUT2D eigenvalue weighted by Crippen LogP contribution is 2.20. The van der Waals surface area contributed by atoms with Crippen molar-refractivity contribution < 1.29 is 9.47 Å². The van der Waals surface area contributed by atoms with Crippen LogP contribution in [0.4, 0.5) is 0 Å². The van der Waals surface area contributed by atoms with E-state index < -0.39 is 0 Å². The smallest absolute Gasteiger partial charge is 0.130 e. The maximum atomic E-state index is 6.24. The van der Waals surface area contributed by atoms with Crippen LogP contribution in [0.15, 0.2) is 0 Å². The molecule has 0 aliphatic carbocycles. The molecule has 1 rings (SSSR count). The number of nitrogens with one attached hydrogen (secondary N) is 1. The first kappa shape index (κ1) is 16.4. The normalized spacial score (nSPS) is 12.9. The molecule has 1 heterocycles. The van der Waals surface area contributed by atoms with Gasteiger partial charge in [0.1, 0.15) is 5.15 Å². The van der Waals surface area contributed by atoms with E-state index in [2.05, 4.69) is 10.4 Å². The van der Waals surface area contributed by atoms with E-state index in [1.54, 1.807) is 11.8 Å². The fourth-order valence-electron chi connectivity index (χ4n) is 1.97. The zero-order valence-corrected chi connectivity index (χ0v) is 13.0. The first-order valence-electron chi connectivity index (χ1n) is 6.52. The van der Waals surface area contributed by atoms with E-state index in [1.807, 2.05) is 21.0 Å². The number of halogens is 1. The number of nitrogens with zero attached hydrogens (tertiary/aromatic N) is 2. The maximum absolute atomic E-state index is 6.24. The molecule has 0 radical (unpaired) electrons. The van der Waals surface area contributed by atoms with Crippen LogP contribution in [-0.2, 0) is 22.9 Å². The molecule has 0 aromatic carbocycles. The monoisotopic (exact) mass is 289 g/mol. The van der Waals surface area contributed by atoms with Gasteiger partial charge in [0.05, 0.1) is 18.9 Å². The van der Waals surface area contributed by atoms with Crippen LogP contribution in [0.3, 0.4) is 0 Å². The second-order valence-corrected chi connectivity index (χ2v) is 4.92. The summed E-state index contributed by atoms with van der Waals surface area (Å²) in [7, 11) is 5.49. The van der Waals surface area contributed by atoms with Crippen LogP contribution in [0.1, 0.15) is 17.7 Å². The second-order valence-electron chi connectivity index (χ2n) is 4.56. The second kappa shape index (κ2) is 8.53. The van der Waals surface area contributed by atoms with Crippen LogP contribution in [-0.4, -0.2) is 49.8 Å². The van der Waals surface area contributed by atoms with Gasteiger partial charge in [-0.15, -0.1) is 0 Å². The molecule has 19 heavy (non-hydrogen) atoms. The summed E-state index contributed by atoms with van der Waals surface area (Å²) in [5.41, 5.74) is 2.11. The van der Waals surface area contributed by atoms with Crippen molar-refractivity contribution in [3.63, 3.8) is 0 Å². The minimum atomic E-state index is 0.336. The van der Waals surface area contributed by atoms with Crippen LogP contribution in [0.2, 0.25) is 5.15 Å². The molecule has 1 aromatic rings. The predicted octanol–water partition coefficient (Wildman–Crippen LogP) is 1.57. The van der Waals surface area contributed by atoms with Gasteiger partial charge in [0, 0.05) is 32.4 Å². The number of aryl methyl sites for hydroxylation is 2. The van der Waals surface area contributed by atoms with Gasteiger partial charge in [-0.3, -0.25) is 4.68 Å². The largest absolute Gasteiger partial charge is 0.382 e. The number of ether oxygens (including phenoxy) is 2. The van der Waals surface area contributed by atoms with E-state index in [4.69, 9.17) is 21.1 Å². The number of aromatic nitrogens is 2. The Morgan fingerprint density at radius 1 is 1.37 bits per heavy atom. The van der Waals surface area contributed by atoms with Gasteiger partial charge in [-0.05, 0) is 26.8 Å². The number of hydrogen-bond donors (Lipinski definition) is 1. The molecule has 0 aliphatic rings. The quantitative estimate of drug-likeness (QED) is 0.701. The molecular formula is C13H24ClN3O2. The van der Waals surface area contributed by atoms with Crippen LogP contribution in [0.25, 0.3) is 0 Å². The number of hydrogen-bond acceptors (Lipinski definition) is 4. The van der Waals surface area contributed by atoms with Crippen molar-refractivity contribution >= 4 is 11.6 Å². The molecule has 5 nitrogen and oxygen atoms in total. The third-order valence-corrected chi connectivity index (χ3v) is 3.64. The summed E-state index contributed by atoms with van der Waals surface area (Å²) in [5.74, 6) is 0. The molecule has 1 N–H and O–H groups in total. The average Bonchev–Trinajstić information content (AvgIpc) is 2.63. The molecule has 0 bridgehead atoms. The number of likely N-dealkylation sites (N-methyl/N-ethyl adjacent to an activating group) is 1. The highest BCUT2D eigenvalue weighted by atomic mass is 35.5. The molecule has 1 atom stereocenters. The lowest BCUT2D eigenvalue weighted by molar-refractivity contribution is 0.0661. The highest BCUT2D eigenvalue weighted by Gasteiger charge is 2.16. The van der Waals surface area contributed by atoms with Gasteiger partial charge in [0.25, 0.3) is 0 Å². The minimum absolute atomic E-state index is 0.336. The van der Waals surface area contributed by atoms with E-state index >= 15 is 0 Å². The molecule has 1 aromatic heterocycles. The summed E-state index contributed by atoms with van der Waals surface area (Å²) in [5, 5.41) is 8.35. The Morgan fingerprint density at radius 3 is 2.63 bits per heavy atom. The van der Waals surface area contributed by atoms with Crippen molar-refractivity contribution in [2.24, 2.45) is 7.05 Å². The highest BCUT2D eigenvalue weighted by molar-refractivity contribution is 6.30. The van der Waals surface area contributed by atoms with Gasteiger partial charge in [-0.25, -0.2) is 0 Å². The molecule has 0 saturated heterocycles. The molecule has 110 valence electrons. The van der Waals surface area contributed by atoms with E-state index in [1.165, 1.54) is 0 Å². The Kier molecular flexibility index (Phi) is 7.38. The van der Waals surface area contributed by atoms with Gasteiger partial charge in [-0.1, -0.05) is 11.6 Å². The van der Waals surface area contributed by atoms with Crippen molar-refractivity contribution in [1.29, 1.82) is 0 Å². The summed E-state index contributed by atoms with van der Waals surface area (Å²) in [6.45, 7) is 3.98. The first-order chi connectivity index (χ1) is 9.10. The molecule has 6 heteroatoms. The van der Waals surface area contributed by atoms with Crippen molar-refractivity contribution in [3.8, 4) is 0 Å². The average molecular weight is 290 g/mol.